The number of hydrogen-bond donors (Lipinski definition) is 2. The Morgan fingerprint density at radius 3 is 2.94 bits per heavy atom. The number of benzene rings is 1. The van der Waals surface area contributed by atoms with Crippen molar-refractivity contribution in [3.05, 3.63) is 36.0 Å². The highest BCUT2D eigenvalue weighted by molar-refractivity contribution is 5.85. The molecule has 1 aromatic heterocycles. The molecule has 16 heavy (non-hydrogen) atoms. The van der Waals surface area contributed by atoms with Crippen molar-refractivity contribution in [2.45, 2.75) is 6.04 Å². The normalized spacial score (nSPS) is 20.4. The molecule has 0 saturated carbocycles. The first-order chi connectivity index (χ1) is 7.75. The van der Waals surface area contributed by atoms with E-state index in [1.807, 2.05) is 31.4 Å². The molecule has 0 radical (unpaired) electrons. The van der Waals surface area contributed by atoms with Gasteiger partial charge in [-0.05, 0) is 6.07 Å². The fraction of sp³-hybridized carbons (Fsp3) is 0.250. The Bertz CT molecular complexity index is 546. The highest BCUT2D eigenvalue weighted by Crippen LogP contribution is 2.26. The fourth-order valence-corrected chi connectivity index (χ4v) is 2.22. The molecule has 1 unspecified atom stereocenters. The molecule has 2 heterocycles. The van der Waals surface area contributed by atoms with Gasteiger partial charge in [0.25, 0.3) is 0 Å². The first-order valence-electron chi connectivity index (χ1n) is 5.33. The number of aromatic nitrogens is 1. The molecule has 82 valence electrons. The molecule has 1 aliphatic heterocycles. The molecule has 2 amide bonds. The maximum atomic E-state index is 11.4. The summed E-state index contributed by atoms with van der Waals surface area (Å²) in [6.07, 6.45) is 1.98. The number of fused-ring (bicyclic) bond motifs is 1. The molecule has 3 rings (SSSR count). The molecule has 4 heteroatoms. The van der Waals surface area contributed by atoms with Gasteiger partial charge in [0.05, 0.1) is 6.04 Å². The van der Waals surface area contributed by atoms with Crippen molar-refractivity contribution in [1.29, 1.82) is 0 Å². The number of carbonyl (C=O) groups excluding carboxylic acids is 1. The van der Waals surface area contributed by atoms with Gasteiger partial charge in [-0.1, -0.05) is 18.2 Å². The van der Waals surface area contributed by atoms with Crippen molar-refractivity contribution >= 4 is 16.9 Å². The van der Waals surface area contributed by atoms with Crippen LogP contribution in [0, 0.1) is 0 Å². The third-order valence-corrected chi connectivity index (χ3v) is 3.10. The van der Waals surface area contributed by atoms with E-state index < -0.39 is 0 Å². The molecular weight excluding hydrogens is 202 g/mol. The van der Waals surface area contributed by atoms with E-state index in [9.17, 15) is 4.79 Å². The van der Waals surface area contributed by atoms with Crippen molar-refractivity contribution in [2.75, 3.05) is 13.6 Å². The molecule has 0 spiro atoms. The molecule has 1 aromatic carbocycles. The highest BCUT2D eigenvalue weighted by atomic mass is 16.2. The Morgan fingerprint density at radius 1 is 1.38 bits per heavy atom. The second kappa shape index (κ2) is 3.27. The molecule has 0 aliphatic carbocycles. The number of likely N-dealkylation sites (N-methyl/N-ethyl adjacent to an activating group) is 1. The average Bonchev–Trinajstić information content (AvgIpc) is 2.83. The van der Waals surface area contributed by atoms with Gasteiger partial charge in [-0.2, -0.15) is 0 Å². The predicted molar refractivity (Wildman–Crippen MR) is 62.2 cm³/mol. The van der Waals surface area contributed by atoms with Crippen molar-refractivity contribution < 1.29 is 4.79 Å². The monoisotopic (exact) mass is 215 g/mol. The second-order valence-corrected chi connectivity index (χ2v) is 4.17. The van der Waals surface area contributed by atoms with Crippen LogP contribution in [0.15, 0.2) is 30.5 Å². The van der Waals surface area contributed by atoms with E-state index in [0.29, 0.717) is 0 Å². The first-order valence-corrected chi connectivity index (χ1v) is 5.33. The minimum atomic E-state index is -0.00437. The van der Waals surface area contributed by atoms with Gasteiger partial charge in [0.15, 0.2) is 0 Å². The van der Waals surface area contributed by atoms with Crippen LogP contribution in [0.4, 0.5) is 4.79 Å². The Morgan fingerprint density at radius 2 is 2.19 bits per heavy atom. The summed E-state index contributed by atoms with van der Waals surface area (Å²) in [6.45, 7) is 0.723. The zero-order valence-corrected chi connectivity index (χ0v) is 9.03. The number of nitrogens with zero attached hydrogens (tertiary/aromatic N) is 1. The van der Waals surface area contributed by atoms with Crippen molar-refractivity contribution in [1.82, 2.24) is 15.2 Å². The number of aromatic amines is 1. The number of amides is 2. The van der Waals surface area contributed by atoms with Crippen LogP contribution in [0.25, 0.3) is 10.9 Å². The largest absolute Gasteiger partial charge is 0.361 e. The van der Waals surface area contributed by atoms with E-state index in [4.69, 9.17) is 0 Å². The average molecular weight is 215 g/mol. The predicted octanol–water partition coefficient (Wildman–Crippen LogP) is 1.86. The molecule has 1 saturated heterocycles. The molecule has 0 bridgehead atoms. The van der Waals surface area contributed by atoms with Crippen LogP contribution in [-0.4, -0.2) is 29.5 Å². The number of hydrogen-bond acceptors (Lipinski definition) is 1. The standard InChI is InChI=1S/C12H13N3O/c1-15-7-11(14-12(15)16)9-6-13-10-5-3-2-4-8(9)10/h2-6,11,13H,7H2,1H3,(H,14,16). The van der Waals surface area contributed by atoms with Gasteiger partial charge < -0.3 is 15.2 Å². The zero-order valence-electron chi connectivity index (χ0n) is 9.03. The summed E-state index contributed by atoms with van der Waals surface area (Å²) >= 11 is 0. The molecule has 1 fully saturated rings. The second-order valence-electron chi connectivity index (χ2n) is 4.17. The number of carbonyl (C=O) groups is 1. The van der Waals surface area contributed by atoms with Gasteiger partial charge in [-0.25, -0.2) is 4.79 Å². The zero-order chi connectivity index (χ0) is 11.1. The number of rotatable bonds is 1. The lowest BCUT2D eigenvalue weighted by molar-refractivity contribution is 0.226. The van der Waals surface area contributed by atoms with Gasteiger partial charge in [0.2, 0.25) is 0 Å². The summed E-state index contributed by atoms with van der Waals surface area (Å²) in [5.74, 6) is 0. The Hall–Kier alpha value is -1.97. The topological polar surface area (TPSA) is 48.1 Å². The van der Waals surface area contributed by atoms with Gasteiger partial charge in [0.1, 0.15) is 0 Å². The lowest BCUT2D eigenvalue weighted by Gasteiger charge is -2.07. The minimum Gasteiger partial charge on any atom is -0.361 e. The Kier molecular flexibility index (Phi) is 1.89. The molecule has 2 N–H and O–H groups in total. The van der Waals surface area contributed by atoms with Crippen LogP contribution in [-0.2, 0) is 0 Å². The van der Waals surface area contributed by atoms with Gasteiger partial charge in [-0.15, -0.1) is 0 Å². The van der Waals surface area contributed by atoms with Gasteiger partial charge in [-0.3, -0.25) is 0 Å². The van der Waals surface area contributed by atoms with E-state index in [2.05, 4.69) is 16.4 Å². The molecule has 4 nitrogen and oxygen atoms in total. The SMILES string of the molecule is CN1CC(c2c[nH]c3ccccc23)NC1=O. The van der Waals surface area contributed by atoms with Crippen molar-refractivity contribution in [3.63, 3.8) is 0 Å². The summed E-state index contributed by atoms with van der Waals surface area (Å²) < 4.78 is 0. The van der Waals surface area contributed by atoms with E-state index in [0.717, 1.165) is 17.6 Å². The lowest BCUT2D eigenvalue weighted by Crippen LogP contribution is -2.23. The summed E-state index contributed by atoms with van der Waals surface area (Å²) in [6, 6.07) is 8.22. The minimum absolute atomic E-state index is 0.00437. The number of urea groups is 1. The lowest BCUT2D eigenvalue weighted by atomic mass is 10.1. The highest BCUT2D eigenvalue weighted by Gasteiger charge is 2.28. The molecule has 1 atom stereocenters. The Labute approximate surface area is 93.2 Å². The smallest absolute Gasteiger partial charge is 0.317 e. The summed E-state index contributed by atoms with van der Waals surface area (Å²) in [7, 11) is 1.81. The summed E-state index contributed by atoms with van der Waals surface area (Å²) in [5, 5.41) is 4.15. The third-order valence-electron chi connectivity index (χ3n) is 3.10. The van der Waals surface area contributed by atoms with Crippen LogP contribution >= 0.6 is 0 Å². The number of H-pyrrole nitrogens is 1. The molecule has 1 aliphatic rings. The maximum Gasteiger partial charge on any atom is 0.317 e. The van der Waals surface area contributed by atoms with Crippen molar-refractivity contribution in [2.24, 2.45) is 0 Å². The quantitative estimate of drug-likeness (QED) is 0.749. The number of nitrogens with one attached hydrogen (secondary N) is 2. The van der Waals surface area contributed by atoms with Gasteiger partial charge >= 0.3 is 6.03 Å². The molecular formula is C12H13N3O. The van der Waals surface area contributed by atoms with Crippen LogP contribution in [0.5, 0.6) is 0 Å². The van der Waals surface area contributed by atoms with Crippen LogP contribution in [0.2, 0.25) is 0 Å². The van der Waals surface area contributed by atoms with E-state index >= 15 is 0 Å². The fourth-order valence-electron chi connectivity index (χ4n) is 2.22. The van der Waals surface area contributed by atoms with Gasteiger partial charge in [0, 0.05) is 36.3 Å². The van der Waals surface area contributed by atoms with E-state index in [1.54, 1.807) is 4.90 Å². The Balaban J connectivity index is 2.04. The van der Waals surface area contributed by atoms with Crippen LogP contribution in [0.1, 0.15) is 11.6 Å². The van der Waals surface area contributed by atoms with Crippen LogP contribution in [0.3, 0.4) is 0 Å². The summed E-state index contributed by atoms with van der Waals surface area (Å²) in [4.78, 5) is 16.3. The summed E-state index contributed by atoms with van der Waals surface area (Å²) in [5.41, 5.74) is 2.27. The molecule has 2 aromatic rings. The van der Waals surface area contributed by atoms with E-state index in [-0.39, 0.29) is 12.1 Å². The third kappa shape index (κ3) is 1.26. The van der Waals surface area contributed by atoms with Crippen LogP contribution < -0.4 is 5.32 Å². The van der Waals surface area contributed by atoms with Crippen molar-refractivity contribution in [3.8, 4) is 0 Å². The maximum absolute atomic E-state index is 11.4. The number of para-hydroxylation sites is 1. The first kappa shape index (κ1) is 9.27. The van der Waals surface area contributed by atoms with E-state index in [1.165, 1.54) is 5.39 Å².